The van der Waals surface area contributed by atoms with E-state index in [1.54, 1.807) is 11.3 Å². The van der Waals surface area contributed by atoms with E-state index in [1.165, 1.54) is 41.5 Å². The summed E-state index contributed by atoms with van der Waals surface area (Å²) >= 11 is 1.62. The summed E-state index contributed by atoms with van der Waals surface area (Å²) in [6.07, 6.45) is 4.53. The second kappa shape index (κ2) is 5.88. The molecular weight excluding hydrogens is 300 g/mol. The monoisotopic (exact) mass is 316 g/mol. The third-order valence-electron chi connectivity index (χ3n) is 3.86. The molecule has 2 aromatic rings. The van der Waals surface area contributed by atoms with E-state index in [0.29, 0.717) is 0 Å². The smallest absolute Gasteiger partial charge is 0.354 e. The number of carbonyl (C=O) groups is 2. The number of rotatable bonds is 3. The molecule has 3 rings (SSSR count). The van der Waals surface area contributed by atoms with E-state index in [2.05, 4.69) is 10.3 Å². The largest absolute Gasteiger partial charge is 0.477 e. The average molecular weight is 316 g/mol. The molecule has 0 spiro atoms. The first-order valence-corrected chi connectivity index (χ1v) is 8.00. The maximum atomic E-state index is 12.3. The molecule has 22 heavy (non-hydrogen) atoms. The highest BCUT2D eigenvalue weighted by Gasteiger charge is 2.20. The number of nitrogens with zero attached hydrogens (tertiary/aromatic N) is 1. The Hall–Kier alpha value is -2.21. The Balaban J connectivity index is 1.84. The quantitative estimate of drug-likeness (QED) is 0.910. The number of amides is 1. The Morgan fingerprint density at radius 1 is 1.23 bits per heavy atom. The third-order valence-corrected chi connectivity index (χ3v) is 5.17. The van der Waals surface area contributed by atoms with Gasteiger partial charge in [0.05, 0.1) is 5.00 Å². The fourth-order valence-corrected chi connectivity index (χ4v) is 3.98. The fourth-order valence-electron chi connectivity index (χ4n) is 2.69. The summed E-state index contributed by atoms with van der Waals surface area (Å²) in [7, 11) is 0. The molecular formula is C16H16N2O3S. The van der Waals surface area contributed by atoms with Gasteiger partial charge in [-0.25, -0.2) is 9.78 Å². The number of carboxylic acids is 1. The molecule has 0 bridgehead atoms. The van der Waals surface area contributed by atoms with Crippen LogP contribution in [0.3, 0.4) is 0 Å². The molecule has 0 fully saturated rings. The molecule has 0 aromatic carbocycles. The SMILES string of the molecule is Cc1c(NC(=O)c2cccc(C(=O)O)n2)sc2c1CCCC2. The number of carboxylic acid groups (broad SMARTS) is 1. The molecule has 2 aromatic heterocycles. The second-order valence-corrected chi connectivity index (χ2v) is 6.44. The lowest BCUT2D eigenvalue weighted by Crippen LogP contribution is -2.15. The molecule has 1 aliphatic carbocycles. The van der Waals surface area contributed by atoms with Crippen molar-refractivity contribution in [2.24, 2.45) is 0 Å². The Kier molecular flexibility index (Phi) is 3.94. The number of anilines is 1. The summed E-state index contributed by atoms with van der Waals surface area (Å²) in [5, 5.41) is 12.7. The van der Waals surface area contributed by atoms with Gasteiger partial charge in [0.1, 0.15) is 11.4 Å². The van der Waals surface area contributed by atoms with E-state index >= 15 is 0 Å². The first-order valence-electron chi connectivity index (χ1n) is 7.19. The number of hydrogen-bond donors (Lipinski definition) is 2. The topological polar surface area (TPSA) is 79.3 Å². The molecule has 6 heteroatoms. The van der Waals surface area contributed by atoms with Gasteiger partial charge in [0, 0.05) is 4.88 Å². The summed E-state index contributed by atoms with van der Waals surface area (Å²) in [5.41, 5.74) is 2.47. The zero-order chi connectivity index (χ0) is 15.7. The zero-order valence-corrected chi connectivity index (χ0v) is 13.0. The predicted molar refractivity (Wildman–Crippen MR) is 84.8 cm³/mol. The Bertz CT molecular complexity index is 752. The zero-order valence-electron chi connectivity index (χ0n) is 12.2. The van der Waals surface area contributed by atoms with Gasteiger partial charge >= 0.3 is 5.97 Å². The van der Waals surface area contributed by atoms with Gasteiger partial charge in [-0.05, 0) is 55.9 Å². The normalized spacial score (nSPS) is 13.5. The molecule has 1 aliphatic rings. The summed E-state index contributed by atoms with van der Waals surface area (Å²) < 4.78 is 0. The van der Waals surface area contributed by atoms with Gasteiger partial charge in [0.15, 0.2) is 0 Å². The number of nitrogens with one attached hydrogen (secondary N) is 1. The molecule has 0 saturated carbocycles. The van der Waals surface area contributed by atoms with Gasteiger partial charge in [0.25, 0.3) is 5.91 Å². The van der Waals surface area contributed by atoms with E-state index < -0.39 is 5.97 Å². The van der Waals surface area contributed by atoms with E-state index in [9.17, 15) is 9.59 Å². The highest BCUT2D eigenvalue weighted by atomic mass is 32.1. The molecule has 0 aliphatic heterocycles. The van der Waals surface area contributed by atoms with Crippen LogP contribution in [0, 0.1) is 6.92 Å². The number of aromatic carboxylic acids is 1. The van der Waals surface area contributed by atoms with Crippen LogP contribution in [0.15, 0.2) is 18.2 Å². The molecule has 0 unspecified atom stereocenters. The Labute approximate surface area is 132 Å². The predicted octanol–water partition coefficient (Wildman–Crippen LogP) is 3.28. The molecule has 0 radical (unpaired) electrons. The van der Waals surface area contributed by atoms with Gasteiger partial charge < -0.3 is 10.4 Å². The van der Waals surface area contributed by atoms with Gasteiger partial charge in [-0.2, -0.15) is 0 Å². The highest BCUT2D eigenvalue weighted by Crippen LogP contribution is 2.37. The minimum atomic E-state index is -1.14. The summed E-state index contributed by atoms with van der Waals surface area (Å²) in [6.45, 7) is 2.03. The minimum absolute atomic E-state index is 0.116. The van der Waals surface area contributed by atoms with Crippen LogP contribution in [0.2, 0.25) is 0 Å². The first kappa shape index (κ1) is 14.7. The van der Waals surface area contributed by atoms with Gasteiger partial charge in [-0.3, -0.25) is 4.79 Å². The summed E-state index contributed by atoms with van der Waals surface area (Å²) in [5.74, 6) is -1.51. The Morgan fingerprint density at radius 2 is 1.95 bits per heavy atom. The van der Waals surface area contributed by atoms with Gasteiger partial charge in [-0.1, -0.05) is 6.07 Å². The van der Waals surface area contributed by atoms with Crippen molar-refractivity contribution in [1.82, 2.24) is 4.98 Å². The van der Waals surface area contributed by atoms with Crippen LogP contribution in [0.4, 0.5) is 5.00 Å². The van der Waals surface area contributed by atoms with E-state index in [-0.39, 0.29) is 17.3 Å². The van der Waals surface area contributed by atoms with Crippen molar-refractivity contribution in [2.75, 3.05) is 5.32 Å². The van der Waals surface area contributed by atoms with Crippen LogP contribution in [0.25, 0.3) is 0 Å². The van der Waals surface area contributed by atoms with Crippen molar-refractivity contribution < 1.29 is 14.7 Å². The van der Waals surface area contributed by atoms with Gasteiger partial charge in [0.2, 0.25) is 0 Å². The summed E-state index contributed by atoms with van der Waals surface area (Å²) in [6, 6.07) is 4.41. The van der Waals surface area contributed by atoms with Gasteiger partial charge in [-0.15, -0.1) is 11.3 Å². The van der Waals surface area contributed by atoms with E-state index in [4.69, 9.17) is 5.11 Å². The van der Waals surface area contributed by atoms with Crippen molar-refractivity contribution in [3.8, 4) is 0 Å². The molecule has 0 saturated heterocycles. The first-order chi connectivity index (χ1) is 10.6. The molecule has 2 heterocycles. The van der Waals surface area contributed by atoms with Crippen LogP contribution >= 0.6 is 11.3 Å². The van der Waals surface area contributed by atoms with Crippen molar-refractivity contribution >= 4 is 28.2 Å². The van der Waals surface area contributed by atoms with Crippen LogP contribution in [-0.4, -0.2) is 22.0 Å². The van der Waals surface area contributed by atoms with Crippen LogP contribution in [0.1, 0.15) is 49.8 Å². The van der Waals surface area contributed by atoms with E-state index in [0.717, 1.165) is 23.4 Å². The number of pyridine rings is 1. The highest BCUT2D eigenvalue weighted by molar-refractivity contribution is 7.16. The molecule has 114 valence electrons. The molecule has 1 amide bonds. The minimum Gasteiger partial charge on any atom is -0.477 e. The van der Waals surface area contributed by atoms with Crippen molar-refractivity contribution in [2.45, 2.75) is 32.6 Å². The lowest BCUT2D eigenvalue weighted by atomic mass is 9.96. The molecule has 0 atom stereocenters. The fraction of sp³-hybridized carbons (Fsp3) is 0.312. The number of hydrogen-bond acceptors (Lipinski definition) is 4. The van der Waals surface area contributed by atoms with E-state index in [1.807, 2.05) is 6.92 Å². The van der Waals surface area contributed by atoms with Crippen molar-refractivity contribution in [3.05, 3.63) is 45.6 Å². The lowest BCUT2D eigenvalue weighted by Gasteiger charge is -2.10. The van der Waals surface area contributed by atoms with Crippen LogP contribution in [0.5, 0.6) is 0 Å². The van der Waals surface area contributed by atoms with Crippen molar-refractivity contribution in [3.63, 3.8) is 0 Å². The maximum absolute atomic E-state index is 12.3. The maximum Gasteiger partial charge on any atom is 0.354 e. The standard InChI is InChI=1S/C16H16N2O3S/c1-9-10-5-2-3-8-13(10)22-15(9)18-14(19)11-6-4-7-12(17-11)16(20)21/h4,6-7H,2-3,5,8H2,1H3,(H,18,19)(H,20,21). The Morgan fingerprint density at radius 3 is 2.68 bits per heavy atom. The van der Waals surface area contributed by atoms with Crippen LogP contribution < -0.4 is 5.32 Å². The number of aromatic nitrogens is 1. The number of aryl methyl sites for hydroxylation is 1. The number of carbonyl (C=O) groups excluding carboxylic acids is 1. The number of thiophene rings is 1. The van der Waals surface area contributed by atoms with Crippen molar-refractivity contribution in [1.29, 1.82) is 0 Å². The summed E-state index contributed by atoms with van der Waals surface area (Å²) in [4.78, 5) is 28.4. The second-order valence-electron chi connectivity index (χ2n) is 5.33. The number of fused-ring (bicyclic) bond motifs is 1. The third kappa shape index (κ3) is 2.74. The lowest BCUT2D eigenvalue weighted by molar-refractivity contribution is 0.0690. The average Bonchev–Trinajstić information content (AvgIpc) is 2.84. The molecule has 5 nitrogen and oxygen atoms in total. The van der Waals surface area contributed by atoms with Crippen LogP contribution in [-0.2, 0) is 12.8 Å². The molecule has 2 N–H and O–H groups in total.